The van der Waals surface area contributed by atoms with E-state index >= 15 is 4.79 Å². The average Bonchev–Trinajstić information content (AvgIpc) is 4.26. The van der Waals surface area contributed by atoms with Gasteiger partial charge in [-0.25, -0.2) is 0 Å². The van der Waals surface area contributed by atoms with Crippen LogP contribution in [0.15, 0.2) is 175 Å². The normalized spacial score (nSPS) is 22.9. The van der Waals surface area contributed by atoms with Crippen LogP contribution in [0.2, 0.25) is 0 Å². The number of aliphatic hydroxyl groups is 2. The third-order valence-corrected chi connectivity index (χ3v) is 14.9. The Balaban J connectivity index is 1.14. The van der Waals surface area contributed by atoms with Crippen molar-refractivity contribution in [2.75, 3.05) is 19.8 Å². The number of oxime groups is 1. The van der Waals surface area contributed by atoms with Crippen molar-refractivity contribution in [3.05, 3.63) is 187 Å². The molecule has 6 aromatic carbocycles. The Bertz CT molecular complexity index is 2800. The molecule has 2 N–H and O–H groups in total. The highest BCUT2D eigenvalue weighted by Crippen LogP contribution is 2.62. The molecule has 9 heteroatoms. The Kier molecular flexibility index (Phi) is 14.6. The molecule has 9 nitrogen and oxygen atoms in total. The van der Waals surface area contributed by atoms with Gasteiger partial charge in [-0.1, -0.05) is 145 Å². The van der Waals surface area contributed by atoms with E-state index in [4.69, 9.17) is 24.2 Å². The summed E-state index contributed by atoms with van der Waals surface area (Å²) in [6.45, 7) is 5.19. The number of unbranched alkanes of at least 4 members (excludes halogenated alkanes) is 2. The maximum absolute atomic E-state index is 15.2. The summed E-state index contributed by atoms with van der Waals surface area (Å²) in [5.41, 5.74) is 7.08. The topological polar surface area (TPSA) is 110 Å². The van der Waals surface area contributed by atoms with E-state index in [1.165, 1.54) is 0 Å². The number of amides is 1. The zero-order valence-corrected chi connectivity index (χ0v) is 39.9. The van der Waals surface area contributed by atoms with Crippen molar-refractivity contribution in [1.29, 1.82) is 0 Å². The van der Waals surface area contributed by atoms with E-state index in [2.05, 4.69) is 84.3 Å². The second-order valence-corrected chi connectivity index (χ2v) is 19.4. The van der Waals surface area contributed by atoms with Crippen molar-refractivity contribution < 1.29 is 34.1 Å². The molecule has 0 saturated heterocycles. The highest BCUT2D eigenvalue weighted by Gasteiger charge is 2.66. The summed E-state index contributed by atoms with van der Waals surface area (Å²) in [4.78, 5) is 23.7. The minimum absolute atomic E-state index is 0.0737. The minimum Gasteiger partial charge on any atom is -0.459 e. The van der Waals surface area contributed by atoms with Crippen molar-refractivity contribution in [3.8, 4) is 28.4 Å². The van der Waals surface area contributed by atoms with Gasteiger partial charge in [-0.3, -0.25) is 4.79 Å². The van der Waals surface area contributed by atoms with Crippen LogP contribution in [0.5, 0.6) is 17.2 Å². The summed E-state index contributed by atoms with van der Waals surface area (Å²) in [5, 5.41) is 27.5. The number of hydrogen-bond acceptors (Lipinski definition) is 8. The van der Waals surface area contributed by atoms with Crippen LogP contribution in [0.25, 0.3) is 21.9 Å². The fourth-order valence-electron chi connectivity index (χ4n) is 11.5. The van der Waals surface area contributed by atoms with Crippen LogP contribution in [0.1, 0.15) is 80.4 Å². The van der Waals surface area contributed by atoms with Crippen LogP contribution in [-0.2, 0) is 27.5 Å². The van der Waals surface area contributed by atoms with E-state index in [9.17, 15) is 10.2 Å². The number of ether oxygens (including phenoxy) is 3. The Morgan fingerprint density at radius 3 is 2.24 bits per heavy atom. The minimum atomic E-state index is -1.37. The number of carbonyl (C=O) groups excluding carboxylic acids is 1. The monoisotopic (exact) mass is 936 g/mol. The fourth-order valence-corrected chi connectivity index (χ4v) is 11.5. The predicted molar refractivity (Wildman–Crippen MR) is 275 cm³/mol. The van der Waals surface area contributed by atoms with Gasteiger partial charge >= 0.3 is 0 Å². The highest BCUT2D eigenvalue weighted by atomic mass is 16.7. The molecule has 1 amide bonds. The first-order valence-electron chi connectivity index (χ1n) is 25.3. The summed E-state index contributed by atoms with van der Waals surface area (Å²) in [5.74, 6) is 0.255. The van der Waals surface area contributed by atoms with Crippen molar-refractivity contribution in [3.63, 3.8) is 0 Å². The van der Waals surface area contributed by atoms with Crippen molar-refractivity contribution in [2.24, 2.45) is 28.8 Å². The molecule has 0 aromatic heterocycles. The van der Waals surface area contributed by atoms with Gasteiger partial charge in [-0.15, -0.1) is 6.58 Å². The second kappa shape index (κ2) is 21.6. The van der Waals surface area contributed by atoms with E-state index < -0.39 is 17.7 Å². The molecule has 70 heavy (non-hydrogen) atoms. The van der Waals surface area contributed by atoms with Crippen LogP contribution in [-0.4, -0.2) is 58.4 Å². The number of fused-ring (bicyclic) bond motifs is 3. The summed E-state index contributed by atoms with van der Waals surface area (Å²) in [6, 6.07) is 48.7. The van der Waals surface area contributed by atoms with Crippen LogP contribution in [0.3, 0.4) is 0 Å². The smallest absolute Gasteiger partial charge is 0.239 e. The van der Waals surface area contributed by atoms with Crippen molar-refractivity contribution in [1.82, 2.24) is 4.90 Å². The average molecular weight is 937 g/mol. The fraction of sp³-hybridized carbons (Fsp3) is 0.344. The molecular weight excluding hydrogens is 873 g/mol. The van der Waals surface area contributed by atoms with Crippen LogP contribution in [0, 0.1) is 23.7 Å². The van der Waals surface area contributed by atoms with Crippen molar-refractivity contribution in [2.45, 2.75) is 88.7 Å². The first-order valence-corrected chi connectivity index (χ1v) is 25.3. The Labute approximate surface area is 412 Å². The molecule has 6 atom stereocenters. The third kappa shape index (κ3) is 9.93. The largest absolute Gasteiger partial charge is 0.459 e. The quantitative estimate of drug-likeness (QED) is 0.0420. The Morgan fingerprint density at radius 1 is 0.786 bits per heavy atom. The molecular formula is C61H64N2O7. The summed E-state index contributed by atoms with van der Waals surface area (Å²) in [7, 11) is 0. The summed E-state index contributed by atoms with van der Waals surface area (Å²) in [6.07, 6.45) is 10.9. The van der Waals surface area contributed by atoms with E-state index in [0.717, 1.165) is 94.1 Å². The lowest BCUT2D eigenvalue weighted by Gasteiger charge is -2.60. The zero-order chi connectivity index (χ0) is 47.9. The van der Waals surface area contributed by atoms with Gasteiger partial charge < -0.3 is 34.2 Å². The Hall–Kier alpha value is -6.52. The van der Waals surface area contributed by atoms with E-state index in [0.29, 0.717) is 37.3 Å². The molecule has 6 unspecified atom stereocenters. The lowest BCUT2D eigenvalue weighted by molar-refractivity contribution is -0.258. The molecule has 360 valence electrons. The van der Waals surface area contributed by atoms with Gasteiger partial charge in [0.05, 0.1) is 18.2 Å². The van der Waals surface area contributed by atoms with Gasteiger partial charge in [-0.05, 0) is 119 Å². The van der Waals surface area contributed by atoms with Crippen LogP contribution in [0.4, 0.5) is 0 Å². The van der Waals surface area contributed by atoms with Gasteiger partial charge in [0.15, 0.2) is 0 Å². The van der Waals surface area contributed by atoms with Gasteiger partial charge in [0.25, 0.3) is 0 Å². The summed E-state index contributed by atoms with van der Waals surface area (Å²) >= 11 is 0. The van der Waals surface area contributed by atoms with E-state index in [1.54, 1.807) is 6.08 Å². The number of aliphatic hydroxyl groups excluding tert-OH is 2. The lowest BCUT2D eigenvalue weighted by atomic mass is 9.55. The second-order valence-electron chi connectivity index (χ2n) is 19.4. The predicted octanol–water partition coefficient (Wildman–Crippen LogP) is 12.6. The molecule has 3 aliphatic carbocycles. The molecule has 0 spiro atoms. The number of rotatable bonds is 21. The molecule has 0 radical (unpaired) electrons. The molecule has 0 bridgehead atoms. The van der Waals surface area contributed by atoms with Gasteiger partial charge in [0.2, 0.25) is 11.7 Å². The SMILES string of the molecule is C=CCOC12Oc3ccc(Oc4ccc(-c5ccccc5)cc4)cc3C3C(CCCCO)C(CCCCO)C=C(C(=NOCc4ccccc4)CC1N(Cc1cccc4ccccc14)C(=O)C1CC1)C32. The standard InChI is InChI=1S/C61H64N2O7/c1-2-36-67-61-57(63(60(66)46-26-27-46)40-48-23-15-22-45-20-9-10-24-51(45)48)39-55(62-68-41-42-16-5-3-6-17-42)53-37-47(21-11-13-34-64)52(25-12-14-35-65)58(59(53)61)54-38-50(32-33-56(54)70-61)69-49-30-28-44(29-31-49)43-18-7-4-8-19-43/h2-10,15-20,22-24,28-33,37-38,46-47,52,57-59,64-65H,1,11-14,21,25-27,34-36,39-41H2. The molecule has 6 aromatic rings. The number of benzene rings is 6. The zero-order valence-electron chi connectivity index (χ0n) is 39.9. The maximum Gasteiger partial charge on any atom is 0.239 e. The van der Waals surface area contributed by atoms with E-state index in [-0.39, 0.29) is 56.0 Å². The highest BCUT2D eigenvalue weighted by molar-refractivity contribution is 6.03. The third-order valence-electron chi connectivity index (χ3n) is 14.9. The lowest BCUT2D eigenvalue weighted by Crippen LogP contribution is -2.70. The first-order chi connectivity index (χ1) is 34.5. The molecule has 1 aliphatic heterocycles. The number of carbonyl (C=O) groups is 1. The summed E-state index contributed by atoms with van der Waals surface area (Å²) < 4.78 is 21.6. The number of nitrogens with zero attached hydrogens (tertiary/aromatic N) is 2. The molecule has 1 heterocycles. The van der Waals surface area contributed by atoms with Gasteiger partial charge in [0.1, 0.15) is 29.9 Å². The Morgan fingerprint density at radius 2 is 1.49 bits per heavy atom. The number of hydrogen-bond donors (Lipinski definition) is 2. The van der Waals surface area contributed by atoms with Gasteiger partial charge in [0, 0.05) is 43.6 Å². The van der Waals surface area contributed by atoms with E-state index in [1.807, 2.05) is 78.9 Å². The van der Waals surface area contributed by atoms with Crippen LogP contribution < -0.4 is 9.47 Å². The first kappa shape index (κ1) is 47.2. The molecule has 10 rings (SSSR count). The van der Waals surface area contributed by atoms with Gasteiger partial charge in [-0.2, -0.15) is 0 Å². The molecule has 2 fully saturated rings. The van der Waals surface area contributed by atoms with Crippen LogP contribution >= 0.6 is 0 Å². The molecule has 2 saturated carbocycles. The maximum atomic E-state index is 15.2. The number of allylic oxidation sites excluding steroid dienone is 1. The molecule has 4 aliphatic rings. The van der Waals surface area contributed by atoms with Crippen molar-refractivity contribution >= 4 is 22.4 Å².